The van der Waals surface area contributed by atoms with Gasteiger partial charge in [0.2, 0.25) is 0 Å². The zero-order valence-electron chi connectivity index (χ0n) is 11.1. The first kappa shape index (κ1) is 20.4. The van der Waals surface area contributed by atoms with Crippen molar-refractivity contribution in [2.75, 3.05) is 13.6 Å². The van der Waals surface area contributed by atoms with Gasteiger partial charge >= 0.3 is 6.18 Å². The molecule has 0 saturated heterocycles. The van der Waals surface area contributed by atoms with Crippen LogP contribution in [0.3, 0.4) is 0 Å². The average Bonchev–Trinajstić information content (AvgIpc) is 2.34. The Hall–Kier alpha value is -0.580. The van der Waals surface area contributed by atoms with Gasteiger partial charge in [-0.25, -0.2) is 4.39 Å². The first-order valence-electron chi connectivity index (χ1n) is 5.77. The third kappa shape index (κ3) is 8.44. The lowest BCUT2D eigenvalue weighted by Crippen LogP contribution is -2.38. The summed E-state index contributed by atoms with van der Waals surface area (Å²) < 4.78 is 50.1. The molecule has 1 aromatic rings. The molecule has 0 spiro atoms. The summed E-state index contributed by atoms with van der Waals surface area (Å²) in [6.07, 6.45) is -5.18. The van der Waals surface area contributed by atoms with Crippen molar-refractivity contribution >= 4 is 45.9 Å². The molecule has 0 bridgehead atoms. The van der Waals surface area contributed by atoms with Crippen molar-refractivity contribution in [2.45, 2.75) is 19.1 Å². The van der Waals surface area contributed by atoms with Gasteiger partial charge < -0.3 is 10.6 Å². The smallest absolute Gasteiger partial charge is 0.356 e. The number of hydrogen-bond acceptors (Lipinski definition) is 1. The van der Waals surface area contributed by atoms with Gasteiger partial charge in [0.05, 0.1) is 6.42 Å². The average molecular weight is 484 g/mol. The third-order valence-corrected chi connectivity index (χ3v) is 2.88. The van der Waals surface area contributed by atoms with Crippen LogP contribution >= 0.6 is 39.9 Å². The van der Waals surface area contributed by atoms with Gasteiger partial charge in [0.1, 0.15) is 5.82 Å². The largest absolute Gasteiger partial charge is 0.390 e. The van der Waals surface area contributed by atoms with Gasteiger partial charge in [-0.2, -0.15) is 13.2 Å². The molecule has 0 heterocycles. The molecule has 0 atom stereocenters. The maximum atomic E-state index is 13.5. The molecule has 0 aliphatic rings. The Morgan fingerprint density at radius 2 is 1.95 bits per heavy atom. The van der Waals surface area contributed by atoms with Crippen LogP contribution in [-0.2, 0) is 6.54 Å². The number of benzene rings is 1. The van der Waals surface area contributed by atoms with Crippen LogP contribution < -0.4 is 10.6 Å². The van der Waals surface area contributed by atoms with Gasteiger partial charge in [-0.05, 0) is 12.1 Å². The SMILES string of the molecule is CN=C(NCCC(F)(F)F)NCc1ccc(Br)cc1F.I. The Morgan fingerprint density at radius 1 is 1.29 bits per heavy atom. The first-order chi connectivity index (χ1) is 9.31. The van der Waals surface area contributed by atoms with Crippen molar-refractivity contribution in [1.29, 1.82) is 0 Å². The third-order valence-electron chi connectivity index (χ3n) is 2.39. The molecule has 0 saturated carbocycles. The van der Waals surface area contributed by atoms with Gasteiger partial charge in [-0.1, -0.05) is 22.0 Å². The summed E-state index contributed by atoms with van der Waals surface area (Å²) in [5.41, 5.74) is 0.395. The Kier molecular flexibility index (Phi) is 9.18. The maximum absolute atomic E-state index is 13.5. The van der Waals surface area contributed by atoms with Crippen molar-refractivity contribution in [1.82, 2.24) is 10.6 Å². The fraction of sp³-hybridized carbons (Fsp3) is 0.417. The van der Waals surface area contributed by atoms with Gasteiger partial charge in [0, 0.05) is 30.2 Å². The summed E-state index contributed by atoms with van der Waals surface area (Å²) in [6, 6.07) is 4.58. The van der Waals surface area contributed by atoms with E-state index in [-0.39, 0.29) is 43.0 Å². The van der Waals surface area contributed by atoms with Crippen molar-refractivity contribution < 1.29 is 17.6 Å². The molecule has 0 radical (unpaired) electrons. The van der Waals surface area contributed by atoms with Crippen molar-refractivity contribution in [3.63, 3.8) is 0 Å². The summed E-state index contributed by atoms with van der Waals surface area (Å²) in [6.45, 7) is -0.156. The van der Waals surface area contributed by atoms with Gasteiger partial charge in [-0.3, -0.25) is 4.99 Å². The summed E-state index contributed by atoms with van der Waals surface area (Å²) in [5, 5.41) is 5.26. The Labute approximate surface area is 145 Å². The van der Waals surface area contributed by atoms with Crippen LogP contribution in [-0.4, -0.2) is 25.7 Å². The van der Waals surface area contributed by atoms with E-state index in [2.05, 4.69) is 31.6 Å². The zero-order valence-corrected chi connectivity index (χ0v) is 15.0. The highest BCUT2D eigenvalue weighted by molar-refractivity contribution is 14.0. The Balaban J connectivity index is 0.00000400. The quantitative estimate of drug-likeness (QED) is 0.295. The number of nitrogens with one attached hydrogen (secondary N) is 2. The fourth-order valence-corrected chi connectivity index (χ4v) is 1.72. The van der Waals surface area contributed by atoms with E-state index in [1.165, 1.54) is 13.1 Å². The van der Waals surface area contributed by atoms with Crippen LogP contribution in [0.25, 0.3) is 0 Å². The fourth-order valence-electron chi connectivity index (χ4n) is 1.39. The molecular formula is C12H15BrF4IN3. The molecule has 3 nitrogen and oxygen atoms in total. The lowest BCUT2D eigenvalue weighted by atomic mass is 10.2. The molecule has 0 aliphatic carbocycles. The Morgan fingerprint density at radius 3 is 2.48 bits per heavy atom. The number of hydrogen-bond donors (Lipinski definition) is 2. The van der Waals surface area contributed by atoms with Crippen LogP contribution in [0.15, 0.2) is 27.7 Å². The first-order valence-corrected chi connectivity index (χ1v) is 6.56. The van der Waals surface area contributed by atoms with E-state index in [1.54, 1.807) is 12.1 Å². The summed E-state index contributed by atoms with van der Waals surface area (Å²) in [4.78, 5) is 3.77. The standard InChI is InChI=1S/C12H14BrF4N3.HI/c1-18-11(19-5-4-12(15,16)17)20-7-8-2-3-9(13)6-10(8)14;/h2-3,6H,4-5,7H2,1H3,(H2,18,19,20);1H. The molecule has 0 unspecified atom stereocenters. The number of nitrogens with zero attached hydrogens (tertiary/aromatic N) is 1. The molecule has 2 N–H and O–H groups in total. The van der Waals surface area contributed by atoms with E-state index in [0.717, 1.165) is 0 Å². The molecule has 120 valence electrons. The van der Waals surface area contributed by atoms with E-state index in [9.17, 15) is 17.6 Å². The highest BCUT2D eigenvalue weighted by atomic mass is 127. The molecule has 21 heavy (non-hydrogen) atoms. The van der Waals surface area contributed by atoms with E-state index >= 15 is 0 Å². The minimum atomic E-state index is -4.22. The van der Waals surface area contributed by atoms with E-state index in [1.807, 2.05) is 0 Å². The lowest BCUT2D eigenvalue weighted by molar-refractivity contribution is -0.132. The van der Waals surface area contributed by atoms with Gasteiger partial charge in [0.25, 0.3) is 0 Å². The molecule has 0 aliphatic heterocycles. The predicted octanol–water partition coefficient (Wildman–Crippen LogP) is 3.82. The molecular weight excluding hydrogens is 469 g/mol. The van der Waals surface area contributed by atoms with Crippen LogP contribution in [0, 0.1) is 5.82 Å². The highest BCUT2D eigenvalue weighted by Gasteiger charge is 2.26. The molecule has 9 heteroatoms. The van der Waals surface area contributed by atoms with Crippen LogP contribution in [0.2, 0.25) is 0 Å². The summed E-state index contributed by atoms with van der Waals surface area (Å²) in [5.74, 6) is -0.214. The minimum absolute atomic E-state index is 0. The van der Waals surface area contributed by atoms with E-state index in [0.29, 0.717) is 10.0 Å². The minimum Gasteiger partial charge on any atom is -0.356 e. The topological polar surface area (TPSA) is 36.4 Å². The van der Waals surface area contributed by atoms with Crippen molar-refractivity contribution in [2.24, 2.45) is 4.99 Å². The lowest BCUT2D eigenvalue weighted by Gasteiger charge is -2.13. The van der Waals surface area contributed by atoms with E-state index in [4.69, 9.17) is 0 Å². The van der Waals surface area contributed by atoms with Crippen molar-refractivity contribution in [3.8, 4) is 0 Å². The number of halogens is 6. The van der Waals surface area contributed by atoms with Crippen LogP contribution in [0.5, 0.6) is 0 Å². The summed E-state index contributed by atoms with van der Waals surface area (Å²) >= 11 is 3.14. The number of rotatable bonds is 4. The summed E-state index contributed by atoms with van der Waals surface area (Å²) in [7, 11) is 1.43. The van der Waals surface area contributed by atoms with E-state index < -0.39 is 18.4 Å². The maximum Gasteiger partial charge on any atom is 0.390 e. The highest BCUT2D eigenvalue weighted by Crippen LogP contribution is 2.18. The molecule has 1 aromatic carbocycles. The molecule has 0 amide bonds. The van der Waals surface area contributed by atoms with Gasteiger partial charge in [0.15, 0.2) is 5.96 Å². The number of guanidine groups is 1. The van der Waals surface area contributed by atoms with Crippen molar-refractivity contribution in [3.05, 3.63) is 34.1 Å². The zero-order chi connectivity index (χ0) is 15.2. The van der Waals surface area contributed by atoms with Crippen LogP contribution in [0.1, 0.15) is 12.0 Å². The second kappa shape index (κ2) is 9.44. The molecule has 0 fully saturated rings. The monoisotopic (exact) mass is 483 g/mol. The Bertz CT molecular complexity index is 480. The second-order valence-electron chi connectivity index (χ2n) is 3.95. The predicted molar refractivity (Wildman–Crippen MR) is 88.4 cm³/mol. The number of alkyl halides is 3. The molecule has 1 rings (SSSR count). The second-order valence-corrected chi connectivity index (χ2v) is 4.87. The number of aliphatic imine (C=N–C) groups is 1. The van der Waals surface area contributed by atoms with Crippen LogP contribution in [0.4, 0.5) is 17.6 Å². The molecule has 0 aromatic heterocycles. The van der Waals surface area contributed by atoms with Gasteiger partial charge in [-0.15, -0.1) is 24.0 Å². The normalized spacial score (nSPS) is 11.8.